The summed E-state index contributed by atoms with van der Waals surface area (Å²) in [6, 6.07) is 0. The van der Waals surface area contributed by atoms with Gasteiger partial charge in [-0.25, -0.2) is 0 Å². The molecule has 2 N–H and O–H groups in total. The quantitative estimate of drug-likeness (QED) is 0.276. The third-order valence-corrected chi connectivity index (χ3v) is 2.28. The van der Waals surface area contributed by atoms with Crippen molar-refractivity contribution in [1.29, 1.82) is 0 Å². The number of carbonyl (C=O) groups excluding carboxylic acids is 1. The maximum Gasteiger partial charge on any atom is 1.00 e. The number of carboxylic acid groups (broad SMARTS) is 1. The summed E-state index contributed by atoms with van der Waals surface area (Å²) >= 11 is 0. The van der Waals surface area contributed by atoms with Crippen LogP contribution in [0, 0.1) is 0 Å². The van der Waals surface area contributed by atoms with Crippen LogP contribution in [0.3, 0.4) is 0 Å². The van der Waals surface area contributed by atoms with E-state index in [-0.39, 0.29) is 48.0 Å². The number of carboxylic acids is 1. The van der Waals surface area contributed by atoms with Gasteiger partial charge in [0.2, 0.25) is 0 Å². The van der Waals surface area contributed by atoms with E-state index in [9.17, 15) is 18.3 Å². The minimum absolute atomic E-state index is 0. The van der Waals surface area contributed by atoms with Crippen LogP contribution in [-0.4, -0.2) is 35.9 Å². The molecular formula is C7H11NaO6S. The van der Waals surface area contributed by atoms with E-state index in [1.54, 1.807) is 0 Å². The fraction of sp³-hybridized carbons (Fsp3) is 0.571. The second kappa shape index (κ2) is 7.37. The van der Waals surface area contributed by atoms with Crippen LogP contribution in [0.2, 0.25) is 0 Å². The summed E-state index contributed by atoms with van der Waals surface area (Å²) in [6.07, 6.45) is -1.49. The van der Waals surface area contributed by atoms with Crippen LogP contribution in [0.15, 0.2) is 12.2 Å². The van der Waals surface area contributed by atoms with E-state index >= 15 is 0 Å². The molecule has 0 rings (SSSR count). The van der Waals surface area contributed by atoms with E-state index in [1.165, 1.54) is 0 Å². The van der Waals surface area contributed by atoms with Crippen molar-refractivity contribution in [2.24, 2.45) is 0 Å². The van der Waals surface area contributed by atoms with E-state index in [2.05, 4.69) is 6.58 Å². The Morgan fingerprint density at radius 1 is 1.47 bits per heavy atom. The Balaban J connectivity index is 0. The van der Waals surface area contributed by atoms with Crippen LogP contribution in [-0.2, 0) is 14.9 Å². The van der Waals surface area contributed by atoms with Gasteiger partial charge in [0.25, 0.3) is 10.1 Å². The zero-order valence-electron chi connectivity index (χ0n) is 8.34. The molecule has 0 radical (unpaired) electrons. The van der Waals surface area contributed by atoms with Crippen LogP contribution in [0.1, 0.15) is 12.8 Å². The van der Waals surface area contributed by atoms with Gasteiger partial charge in [-0.2, -0.15) is 8.42 Å². The fourth-order valence-electron chi connectivity index (χ4n) is 0.769. The number of aliphatic hydroxyl groups excluding tert-OH is 1. The molecule has 15 heavy (non-hydrogen) atoms. The number of aliphatic carboxylic acids is 1. The molecule has 0 spiro atoms. The molecule has 1 unspecified atom stereocenters. The standard InChI is InChI=1S/C7H12O6S.Na/c1-5(7(9)10)2-3-6(8)4-14(11,12)13;/h6,8H,1-4H2,(H,9,10)(H,11,12,13);/q;+1/p-1. The summed E-state index contributed by atoms with van der Waals surface area (Å²) in [7, 11) is -4.23. The zero-order valence-corrected chi connectivity index (χ0v) is 11.2. The second-order valence-electron chi connectivity index (χ2n) is 2.83. The minimum atomic E-state index is -4.23. The maximum atomic E-state index is 10.3. The first-order valence-electron chi connectivity index (χ1n) is 3.74. The number of hydrogen-bond acceptors (Lipinski definition) is 5. The van der Waals surface area contributed by atoms with Crippen molar-refractivity contribution in [3.05, 3.63) is 12.2 Å². The molecule has 0 saturated heterocycles. The van der Waals surface area contributed by atoms with E-state index in [4.69, 9.17) is 9.66 Å². The molecule has 0 bridgehead atoms. The molecule has 0 aromatic carbocycles. The normalized spacial score (nSPS) is 12.7. The zero-order chi connectivity index (χ0) is 11.4. The van der Waals surface area contributed by atoms with E-state index < -0.39 is 27.9 Å². The Labute approximate surface area is 110 Å². The topological polar surface area (TPSA) is 115 Å². The van der Waals surface area contributed by atoms with Crippen LogP contribution in [0.5, 0.6) is 0 Å². The monoisotopic (exact) mass is 246 g/mol. The van der Waals surface area contributed by atoms with Crippen LogP contribution in [0.4, 0.5) is 0 Å². The first-order valence-corrected chi connectivity index (χ1v) is 5.35. The van der Waals surface area contributed by atoms with Gasteiger partial charge in [0.15, 0.2) is 0 Å². The Morgan fingerprint density at radius 3 is 2.27 bits per heavy atom. The molecule has 0 heterocycles. The van der Waals surface area contributed by atoms with Crippen molar-refractivity contribution in [2.45, 2.75) is 18.9 Å². The molecule has 0 fully saturated rings. The third-order valence-electron chi connectivity index (χ3n) is 1.47. The summed E-state index contributed by atoms with van der Waals surface area (Å²) in [6.45, 7) is 3.14. The van der Waals surface area contributed by atoms with Crippen LogP contribution >= 0.6 is 0 Å². The Hall–Kier alpha value is 0.0800. The minimum Gasteiger partial charge on any atom is -0.545 e. The van der Waals surface area contributed by atoms with Crippen LogP contribution in [0.25, 0.3) is 0 Å². The first-order chi connectivity index (χ1) is 6.22. The van der Waals surface area contributed by atoms with Crippen molar-refractivity contribution in [2.75, 3.05) is 5.75 Å². The number of carbonyl (C=O) groups is 1. The predicted molar refractivity (Wildman–Crippen MR) is 45.8 cm³/mol. The summed E-state index contributed by atoms with van der Waals surface area (Å²) < 4.78 is 28.9. The molecule has 0 aromatic heterocycles. The molecule has 0 saturated carbocycles. The third kappa shape index (κ3) is 10.4. The van der Waals surface area contributed by atoms with Gasteiger partial charge in [0.05, 0.1) is 12.1 Å². The molecule has 82 valence electrons. The summed E-state index contributed by atoms with van der Waals surface area (Å²) in [4.78, 5) is 10.1. The van der Waals surface area contributed by atoms with Gasteiger partial charge in [-0.05, 0) is 18.4 Å². The van der Waals surface area contributed by atoms with E-state index in [0.29, 0.717) is 0 Å². The molecule has 0 aliphatic rings. The van der Waals surface area contributed by atoms with E-state index in [0.717, 1.165) is 0 Å². The van der Waals surface area contributed by atoms with E-state index in [1.807, 2.05) is 0 Å². The average Bonchev–Trinajstić information content (AvgIpc) is 1.96. The van der Waals surface area contributed by atoms with Gasteiger partial charge in [0, 0.05) is 0 Å². The molecule has 0 aliphatic carbocycles. The number of hydrogen-bond donors (Lipinski definition) is 2. The van der Waals surface area contributed by atoms with Gasteiger partial charge in [0.1, 0.15) is 5.75 Å². The number of aliphatic hydroxyl groups is 1. The molecular weight excluding hydrogens is 235 g/mol. The van der Waals surface area contributed by atoms with Crippen molar-refractivity contribution in [1.82, 2.24) is 0 Å². The smallest absolute Gasteiger partial charge is 0.545 e. The Bertz CT molecular complexity index is 322. The SMILES string of the molecule is C=C(CCC(O)CS(=O)(=O)O)C(=O)[O-].[Na+]. The molecule has 6 nitrogen and oxygen atoms in total. The van der Waals surface area contributed by atoms with Gasteiger partial charge >= 0.3 is 29.6 Å². The molecule has 0 aromatic rings. The maximum absolute atomic E-state index is 10.3. The average molecular weight is 246 g/mol. The van der Waals surface area contributed by atoms with Gasteiger partial charge in [-0.3, -0.25) is 4.55 Å². The Kier molecular flexibility index (Phi) is 8.58. The largest absolute Gasteiger partial charge is 1.00 e. The summed E-state index contributed by atoms with van der Waals surface area (Å²) in [5.41, 5.74) is -0.223. The van der Waals surface area contributed by atoms with Crippen molar-refractivity contribution in [3.63, 3.8) is 0 Å². The van der Waals surface area contributed by atoms with Crippen molar-refractivity contribution in [3.8, 4) is 0 Å². The second-order valence-corrected chi connectivity index (χ2v) is 4.33. The molecule has 1 atom stereocenters. The fourth-order valence-corrected chi connectivity index (χ4v) is 1.42. The summed E-state index contributed by atoms with van der Waals surface area (Å²) in [5.74, 6) is -2.25. The molecule has 8 heteroatoms. The molecule has 0 aliphatic heterocycles. The first kappa shape index (κ1) is 17.5. The van der Waals surface area contributed by atoms with Gasteiger partial charge in [-0.15, -0.1) is 0 Å². The van der Waals surface area contributed by atoms with Gasteiger partial charge in [-0.1, -0.05) is 6.58 Å². The van der Waals surface area contributed by atoms with Crippen molar-refractivity contribution >= 4 is 16.1 Å². The van der Waals surface area contributed by atoms with Crippen LogP contribution < -0.4 is 34.7 Å². The summed E-state index contributed by atoms with van der Waals surface area (Å²) in [5, 5.41) is 19.2. The van der Waals surface area contributed by atoms with Gasteiger partial charge < -0.3 is 15.0 Å². The molecule has 0 amide bonds. The Morgan fingerprint density at radius 2 is 1.93 bits per heavy atom. The van der Waals surface area contributed by atoms with Crippen molar-refractivity contribution < 1.29 is 57.5 Å². The number of rotatable bonds is 6. The predicted octanol–water partition coefficient (Wildman–Crippen LogP) is -4.67.